The van der Waals surface area contributed by atoms with Gasteiger partial charge in [-0.15, -0.1) is 10.2 Å². The minimum absolute atomic E-state index is 0.646. The van der Waals surface area contributed by atoms with Gasteiger partial charge in [-0.3, -0.25) is 0 Å². The lowest BCUT2D eigenvalue weighted by atomic mass is 10.1. The Balaban J connectivity index is 1.85. The van der Waals surface area contributed by atoms with E-state index in [0.717, 1.165) is 54.0 Å². The summed E-state index contributed by atoms with van der Waals surface area (Å²) in [6.45, 7) is 1.93. The number of hydrogen-bond donors (Lipinski definition) is 0. The second kappa shape index (κ2) is 6.66. The molecule has 0 spiro atoms. The van der Waals surface area contributed by atoms with E-state index in [-0.39, 0.29) is 0 Å². The molecule has 5 rings (SSSR count). The Morgan fingerprint density at radius 3 is 2.52 bits per heavy atom. The predicted octanol–water partition coefficient (Wildman–Crippen LogP) is 5.24. The second-order valence-electron chi connectivity index (χ2n) is 6.78. The van der Waals surface area contributed by atoms with Crippen molar-refractivity contribution in [2.24, 2.45) is 0 Å². The molecule has 3 heterocycles. The SMILES string of the molecule is Clc1ccc2c(c1)nc(N1CCCCC1)n1c(-c3ccccc3Cl)nnc21. The van der Waals surface area contributed by atoms with E-state index >= 15 is 0 Å². The van der Waals surface area contributed by atoms with E-state index in [1.807, 2.05) is 46.9 Å². The maximum absolute atomic E-state index is 6.46. The van der Waals surface area contributed by atoms with Crippen molar-refractivity contribution < 1.29 is 0 Å². The fraction of sp³-hybridized carbons (Fsp3) is 0.250. The lowest BCUT2D eigenvalue weighted by Crippen LogP contribution is -2.32. The summed E-state index contributed by atoms with van der Waals surface area (Å²) in [7, 11) is 0. The summed E-state index contributed by atoms with van der Waals surface area (Å²) in [6.07, 6.45) is 3.55. The van der Waals surface area contributed by atoms with Gasteiger partial charge in [0.05, 0.1) is 10.5 Å². The number of nitrogens with zero attached hydrogens (tertiary/aromatic N) is 5. The zero-order valence-corrected chi connectivity index (χ0v) is 16.1. The van der Waals surface area contributed by atoms with Crippen LogP contribution < -0.4 is 4.90 Å². The van der Waals surface area contributed by atoms with Gasteiger partial charge in [-0.2, -0.15) is 0 Å². The van der Waals surface area contributed by atoms with E-state index in [4.69, 9.17) is 28.2 Å². The Kier molecular flexibility index (Phi) is 4.14. The standard InChI is InChI=1S/C20H17Cl2N5/c21-13-8-9-15-17(12-13)23-20(26-10-4-1-5-11-26)27-18(24-25-19(15)27)14-6-2-3-7-16(14)22/h2-3,6-9,12H,1,4-5,10-11H2. The van der Waals surface area contributed by atoms with Crippen molar-refractivity contribution >= 4 is 45.7 Å². The molecule has 0 saturated carbocycles. The van der Waals surface area contributed by atoms with Crippen molar-refractivity contribution in [2.75, 3.05) is 18.0 Å². The van der Waals surface area contributed by atoms with Gasteiger partial charge >= 0.3 is 0 Å². The number of anilines is 1. The first-order chi connectivity index (χ1) is 13.2. The summed E-state index contributed by atoms with van der Waals surface area (Å²) in [5.74, 6) is 1.56. The van der Waals surface area contributed by atoms with Crippen LogP contribution in [0.1, 0.15) is 19.3 Å². The van der Waals surface area contributed by atoms with Crippen LogP contribution in [-0.4, -0.2) is 32.7 Å². The minimum atomic E-state index is 0.646. The third kappa shape index (κ3) is 2.82. The number of fused-ring (bicyclic) bond motifs is 3. The summed E-state index contributed by atoms with van der Waals surface area (Å²) < 4.78 is 2.03. The van der Waals surface area contributed by atoms with Crippen molar-refractivity contribution in [3.8, 4) is 11.4 Å². The van der Waals surface area contributed by atoms with E-state index < -0.39 is 0 Å². The van der Waals surface area contributed by atoms with Gasteiger partial charge in [0.1, 0.15) is 0 Å². The molecule has 0 aliphatic carbocycles. The molecule has 1 fully saturated rings. The maximum atomic E-state index is 6.46. The summed E-state index contributed by atoms with van der Waals surface area (Å²) in [6, 6.07) is 13.4. The molecule has 0 radical (unpaired) electrons. The van der Waals surface area contributed by atoms with Gasteiger partial charge in [-0.1, -0.05) is 35.3 Å². The van der Waals surface area contributed by atoms with Crippen molar-refractivity contribution in [3.63, 3.8) is 0 Å². The molecule has 0 bridgehead atoms. The maximum Gasteiger partial charge on any atom is 0.213 e. The van der Waals surface area contributed by atoms with Crippen LogP contribution in [0.4, 0.5) is 5.95 Å². The highest BCUT2D eigenvalue weighted by molar-refractivity contribution is 6.33. The number of benzene rings is 2. The Labute approximate surface area is 166 Å². The Bertz CT molecular complexity index is 1150. The topological polar surface area (TPSA) is 46.3 Å². The van der Waals surface area contributed by atoms with Gasteiger partial charge in [0, 0.05) is 29.1 Å². The first-order valence-corrected chi connectivity index (χ1v) is 9.82. The second-order valence-corrected chi connectivity index (χ2v) is 7.63. The first-order valence-electron chi connectivity index (χ1n) is 9.06. The molecule has 136 valence electrons. The quantitative estimate of drug-likeness (QED) is 0.463. The average Bonchev–Trinajstić information content (AvgIpc) is 3.13. The smallest absolute Gasteiger partial charge is 0.213 e. The highest BCUT2D eigenvalue weighted by Gasteiger charge is 2.22. The Morgan fingerprint density at radius 2 is 1.70 bits per heavy atom. The molecule has 0 unspecified atom stereocenters. The molecular formula is C20H17Cl2N5. The molecule has 0 atom stereocenters. The molecular weight excluding hydrogens is 381 g/mol. The summed E-state index contributed by atoms with van der Waals surface area (Å²) in [5.41, 5.74) is 2.45. The van der Waals surface area contributed by atoms with E-state index in [9.17, 15) is 0 Å². The highest BCUT2D eigenvalue weighted by atomic mass is 35.5. The minimum Gasteiger partial charge on any atom is -0.342 e. The largest absolute Gasteiger partial charge is 0.342 e. The van der Waals surface area contributed by atoms with Gasteiger partial charge in [-0.05, 0) is 49.6 Å². The Hall–Kier alpha value is -2.37. The van der Waals surface area contributed by atoms with Crippen LogP contribution in [0.5, 0.6) is 0 Å². The highest BCUT2D eigenvalue weighted by Crippen LogP contribution is 2.33. The molecule has 0 N–H and O–H groups in total. The number of piperidine rings is 1. The van der Waals surface area contributed by atoms with Crippen LogP contribution in [-0.2, 0) is 0 Å². The van der Waals surface area contributed by atoms with Crippen LogP contribution in [0.2, 0.25) is 10.0 Å². The monoisotopic (exact) mass is 397 g/mol. The average molecular weight is 398 g/mol. The predicted molar refractivity (Wildman–Crippen MR) is 110 cm³/mol. The van der Waals surface area contributed by atoms with E-state index in [1.165, 1.54) is 6.42 Å². The number of hydrogen-bond acceptors (Lipinski definition) is 4. The lowest BCUT2D eigenvalue weighted by molar-refractivity contribution is 0.567. The first kappa shape index (κ1) is 16.8. The number of halogens is 2. The zero-order chi connectivity index (χ0) is 18.4. The molecule has 1 saturated heterocycles. The summed E-state index contributed by atoms with van der Waals surface area (Å²) in [4.78, 5) is 7.26. The fourth-order valence-electron chi connectivity index (χ4n) is 3.72. The van der Waals surface area contributed by atoms with Crippen LogP contribution >= 0.6 is 23.2 Å². The third-order valence-electron chi connectivity index (χ3n) is 5.04. The van der Waals surface area contributed by atoms with Gasteiger partial charge in [0.15, 0.2) is 11.5 Å². The van der Waals surface area contributed by atoms with Gasteiger partial charge in [0.2, 0.25) is 5.95 Å². The molecule has 27 heavy (non-hydrogen) atoms. The molecule has 1 aliphatic rings. The van der Waals surface area contributed by atoms with E-state index in [2.05, 4.69) is 15.1 Å². The van der Waals surface area contributed by atoms with Crippen LogP contribution in [0.15, 0.2) is 42.5 Å². The van der Waals surface area contributed by atoms with Crippen LogP contribution in [0.25, 0.3) is 27.9 Å². The van der Waals surface area contributed by atoms with E-state index in [1.54, 1.807) is 0 Å². The summed E-state index contributed by atoms with van der Waals surface area (Å²) in [5, 5.41) is 11.2. The van der Waals surface area contributed by atoms with Gasteiger partial charge in [0.25, 0.3) is 0 Å². The fourth-order valence-corrected chi connectivity index (χ4v) is 4.10. The molecule has 5 nitrogen and oxygen atoms in total. The molecule has 2 aromatic carbocycles. The molecule has 7 heteroatoms. The van der Waals surface area contributed by atoms with Gasteiger partial charge in [-0.25, -0.2) is 9.38 Å². The Morgan fingerprint density at radius 1 is 0.889 bits per heavy atom. The molecule has 2 aromatic heterocycles. The molecule has 1 aliphatic heterocycles. The zero-order valence-electron chi connectivity index (χ0n) is 14.6. The summed E-state index contributed by atoms with van der Waals surface area (Å²) >= 11 is 12.7. The van der Waals surface area contributed by atoms with Gasteiger partial charge < -0.3 is 4.90 Å². The molecule has 0 amide bonds. The van der Waals surface area contributed by atoms with Crippen molar-refractivity contribution in [1.82, 2.24) is 19.6 Å². The van der Waals surface area contributed by atoms with Crippen molar-refractivity contribution in [2.45, 2.75) is 19.3 Å². The third-order valence-corrected chi connectivity index (χ3v) is 5.60. The van der Waals surface area contributed by atoms with Crippen molar-refractivity contribution in [1.29, 1.82) is 0 Å². The van der Waals surface area contributed by atoms with E-state index in [0.29, 0.717) is 15.9 Å². The van der Waals surface area contributed by atoms with Crippen LogP contribution in [0, 0.1) is 0 Å². The number of aromatic nitrogens is 4. The lowest BCUT2D eigenvalue weighted by Gasteiger charge is -2.28. The number of rotatable bonds is 2. The van der Waals surface area contributed by atoms with Crippen molar-refractivity contribution in [3.05, 3.63) is 52.5 Å². The van der Waals surface area contributed by atoms with Crippen LogP contribution in [0.3, 0.4) is 0 Å². The molecule has 4 aromatic rings. The normalized spacial score (nSPS) is 15.0.